The van der Waals surface area contributed by atoms with E-state index in [1.807, 2.05) is 0 Å². The molecule has 1 aliphatic heterocycles. The molecule has 1 fully saturated rings. The smallest absolute Gasteiger partial charge is 0.228 e. The molecule has 1 heterocycles. The Morgan fingerprint density at radius 1 is 1.35 bits per heavy atom. The summed E-state index contributed by atoms with van der Waals surface area (Å²) >= 11 is 0. The topological polar surface area (TPSA) is 41.1 Å². The zero-order valence-corrected chi connectivity index (χ0v) is 12.5. The van der Waals surface area contributed by atoms with Crippen molar-refractivity contribution in [2.45, 2.75) is 52.0 Å². The fourth-order valence-electron chi connectivity index (χ4n) is 3.87. The molecular formula is C17H24N2O. The predicted molar refractivity (Wildman–Crippen MR) is 81.8 cm³/mol. The van der Waals surface area contributed by atoms with Gasteiger partial charge in [-0.05, 0) is 42.0 Å². The first-order valence-electron chi connectivity index (χ1n) is 7.78. The van der Waals surface area contributed by atoms with Crippen LogP contribution in [-0.4, -0.2) is 12.5 Å². The minimum absolute atomic E-state index is 0.115. The molecule has 2 N–H and O–H groups in total. The van der Waals surface area contributed by atoms with Crippen LogP contribution < -0.4 is 10.6 Å². The lowest BCUT2D eigenvalue weighted by Gasteiger charge is -2.35. The monoisotopic (exact) mass is 272 g/mol. The van der Waals surface area contributed by atoms with Crippen LogP contribution in [0.2, 0.25) is 0 Å². The van der Waals surface area contributed by atoms with Gasteiger partial charge in [-0.25, -0.2) is 0 Å². The molecule has 3 heteroatoms. The molecule has 3 rings (SSSR count). The first kappa shape index (κ1) is 13.6. The van der Waals surface area contributed by atoms with Crippen molar-refractivity contribution in [3.8, 4) is 0 Å². The van der Waals surface area contributed by atoms with Crippen LogP contribution in [0.25, 0.3) is 0 Å². The molecule has 1 aromatic carbocycles. The second kappa shape index (κ2) is 5.21. The van der Waals surface area contributed by atoms with Crippen LogP contribution in [0, 0.1) is 5.41 Å². The van der Waals surface area contributed by atoms with Crippen molar-refractivity contribution >= 4 is 11.6 Å². The minimum atomic E-state index is 0.115. The Morgan fingerprint density at radius 2 is 2.10 bits per heavy atom. The van der Waals surface area contributed by atoms with Gasteiger partial charge in [0.05, 0.1) is 6.42 Å². The van der Waals surface area contributed by atoms with Gasteiger partial charge in [0.15, 0.2) is 0 Å². The zero-order chi connectivity index (χ0) is 14.2. The molecule has 3 nitrogen and oxygen atoms in total. The van der Waals surface area contributed by atoms with E-state index in [9.17, 15) is 4.79 Å². The molecule has 0 radical (unpaired) electrons. The van der Waals surface area contributed by atoms with Crippen molar-refractivity contribution in [3.63, 3.8) is 0 Å². The molecule has 1 unspecified atom stereocenters. The molecular weight excluding hydrogens is 248 g/mol. The number of rotatable bonds is 4. The number of hydrogen-bond donors (Lipinski definition) is 2. The van der Waals surface area contributed by atoms with E-state index in [0.29, 0.717) is 17.9 Å². The summed E-state index contributed by atoms with van der Waals surface area (Å²) in [5.74, 6) is 0.115. The Kier molecular flexibility index (Phi) is 3.55. The van der Waals surface area contributed by atoms with Crippen molar-refractivity contribution in [1.82, 2.24) is 5.32 Å². The third kappa shape index (κ3) is 2.35. The lowest BCUT2D eigenvalue weighted by molar-refractivity contribution is -0.115. The zero-order valence-electron chi connectivity index (χ0n) is 12.5. The Labute approximate surface area is 121 Å². The molecule has 2 aliphatic rings. The second-order valence-corrected chi connectivity index (χ2v) is 6.49. The quantitative estimate of drug-likeness (QED) is 0.882. The van der Waals surface area contributed by atoms with Gasteiger partial charge in [0.2, 0.25) is 5.91 Å². The molecule has 1 saturated carbocycles. The lowest BCUT2D eigenvalue weighted by atomic mass is 9.77. The molecule has 108 valence electrons. The van der Waals surface area contributed by atoms with Crippen LogP contribution in [0.3, 0.4) is 0 Å². The first-order chi connectivity index (χ1) is 9.62. The number of anilines is 1. The van der Waals surface area contributed by atoms with Gasteiger partial charge < -0.3 is 10.6 Å². The highest BCUT2D eigenvalue weighted by Crippen LogP contribution is 2.47. The number of fused-ring (bicyclic) bond motifs is 1. The first-order valence-corrected chi connectivity index (χ1v) is 7.78. The second-order valence-electron chi connectivity index (χ2n) is 6.49. The van der Waals surface area contributed by atoms with Gasteiger partial charge in [0.25, 0.3) is 0 Å². The van der Waals surface area contributed by atoms with E-state index in [-0.39, 0.29) is 5.91 Å². The van der Waals surface area contributed by atoms with Crippen LogP contribution in [0.15, 0.2) is 18.2 Å². The Morgan fingerprint density at radius 3 is 2.80 bits per heavy atom. The summed E-state index contributed by atoms with van der Waals surface area (Å²) in [5, 5.41) is 6.59. The van der Waals surface area contributed by atoms with E-state index in [0.717, 1.165) is 17.8 Å². The Bertz CT molecular complexity index is 518. The maximum absolute atomic E-state index is 11.5. The molecule has 1 amide bonds. The molecule has 0 aromatic heterocycles. The standard InChI is InChI=1S/C17H24N2O/c1-3-18-16(17(2)8-4-5-9-17)12-6-7-14-13(10-12)11-15(20)19-14/h6-7,10,16,18H,3-5,8-9,11H2,1-2H3,(H,19,20). The summed E-state index contributed by atoms with van der Waals surface area (Å²) in [6.45, 7) is 5.56. The van der Waals surface area contributed by atoms with Crippen molar-refractivity contribution in [3.05, 3.63) is 29.3 Å². The molecule has 0 spiro atoms. The van der Waals surface area contributed by atoms with E-state index in [4.69, 9.17) is 0 Å². The average Bonchev–Trinajstić information content (AvgIpc) is 3.00. The van der Waals surface area contributed by atoms with Gasteiger partial charge >= 0.3 is 0 Å². The fourth-order valence-corrected chi connectivity index (χ4v) is 3.87. The maximum Gasteiger partial charge on any atom is 0.228 e. The average molecular weight is 272 g/mol. The van der Waals surface area contributed by atoms with Gasteiger partial charge in [0.1, 0.15) is 0 Å². The lowest BCUT2D eigenvalue weighted by Crippen LogP contribution is -2.34. The summed E-state index contributed by atoms with van der Waals surface area (Å²) < 4.78 is 0. The van der Waals surface area contributed by atoms with Gasteiger partial charge in [-0.2, -0.15) is 0 Å². The highest BCUT2D eigenvalue weighted by Gasteiger charge is 2.37. The SMILES string of the molecule is CCNC(c1ccc2c(c1)CC(=O)N2)C1(C)CCCC1. The van der Waals surface area contributed by atoms with E-state index < -0.39 is 0 Å². The normalized spacial score (nSPS) is 21.6. The Balaban J connectivity index is 1.92. The van der Waals surface area contributed by atoms with Gasteiger partial charge in [0, 0.05) is 11.7 Å². The molecule has 0 bridgehead atoms. The molecule has 1 aromatic rings. The third-order valence-corrected chi connectivity index (χ3v) is 4.94. The van der Waals surface area contributed by atoms with Crippen LogP contribution >= 0.6 is 0 Å². The van der Waals surface area contributed by atoms with E-state index in [2.05, 4.69) is 42.7 Å². The number of carbonyl (C=O) groups is 1. The summed E-state index contributed by atoms with van der Waals surface area (Å²) in [6, 6.07) is 6.87. The van der Waals surface area contributed by atoms with Crippen LogP contribution in [0.5, 0.6) is 0 Å². The fraction of sp³-hybridized carbons (Fsp3) is 0.588. The van der Waals surface area contributed by atoms with Crippen LogP contribution in [0.1, 0.15) is 56.7 Å². The summed E-state index contributed by atoms with van der Waals surface area (Å²) in [7, 11) is 0. The molecule has 0 saturated heterocycles. The number of nitrogens with one attached hydrogen (secondary N) is 2. The molecule has 1 aliphatic carbocycles. The van der Waals surface area contributed by atoms with Crippen molar-refractivity contribution in [1.29, 1.82) is 0 Å². The molecule has 1 atom stereocenters. The van der Waals surface area contributed by atoms with Crippen molar-refractivity contribution < 1.29 is 4.79 Å². The van der Waals surface area contributed by atoms with Crippen molar-refractivity contribution in [2.75, 3.05) is 11.9 Å². The van der Waals surface area contributed by atoms with Crippen LogP contribution in [-0.2, 0) is 11.2 Å². The van der Waals surface area contributed by atoms with E-state index in [1.54, 1.807) is 0 Å². The number of benzene rings is 1. The summed E-state index contributed by atoms with van der Waals surface area (Å²) in [5.41, 5.74) is 3.83. The highest BCUT2D eigenvalue weighted by molar-refractivity contribution is 5.99. The number of carbonyl (C=O) groups excluding carboxylic acids is 1. The highest BCUT2D eigenvalue weighted by atomic mass is 16.1. The van der Waals surface area contributed by atoms with Crippen molar-refractivity contribution in [2.24, 2.45) is 5.41 Å². The molecule has 20 heavy (non-hydrogen) atoms. The van der Waals surface area contributed by atoms with Gasteiger partial charge in [-0.3, -0.25) is 4.79 Å². The van der Waals surface area contributed by atoms with E-state index in [1.165, 1.54) is 31.2 Å². The third-order valence-electron chi connectivity index (χ3n) is 4.94. The van der Waals surface area contributed by atoms with E-state index >= 15 is 0 Å². The maximum atomic E-state index is 11.5. The number of amides is 1. The van der Waals surface area contributed by atoms with Crippen LogP contribution in [0.4, 0.5) is 5.69 Å². The van der Waals surface area contributed by atoms with Gasteiger partial charge in [-0.1, -0.05) is 38.8 Å². The predicted octanol–water partition coefficient (Wildman–Crippen LogP) is 3.41. The number of hydrogen-bond acceptors (Lipinski definition) is 2. The summed E-state index contributed by atoms with van der Waals surface area (Å²) in [4.78, 5) is 11.5. The van der Waals surface area contributed by atoms with Gasteiger partial charge in [-0.15, -0.1) is 0 Å². The minimum Gasteiger partial charge on any atom is -0.326 e. The Hall–Kier alpha value is -1.35. The largest absolute Gasteiger partial charge is 0.326 e. The summed E-state index contributed by atoms with van der Waals surface area (Å²) in [6.07, 6.45) is 5.78.